The van der Waals surface area contributed by atoms with Crippen LogP contribution in [0.2, 0.25) is 15.1 Å². The summed E-state index contributed by atoms with van der Waals surface area (Å²) in [7, 11) is 0. The standard InChI is InChI=1S/C25H27Cl3FN3O2/c26-20-13-18(29)2-1-17(20)16-31-5-3-25(4-6-31)19-14-21(27)22(28)15-23(19)32(24(25)33)8-7-30-9-11-34-12-10-30/h1-2,13-15H,3-12,16H2. The van der Waals surface area contributed by atoms with E-state index in [1.807, 2.05) is 17.0 Å². The molecule has 0 unspecified atom stereocenters. The number of ether oxygens (including phenoxy) is 1. The Morgan fingerprint density at radius 2 is 1.59 bits per heavy atom. The maximum absolute atomic E-state index is 13.9. The maximum atomic E-state index is 13.9. The molecule has 3 aliphatic heterocycles. The highest BCUT2D eigenvalue weighted by Crippen LogP contribution is 2.50. The molecule has 1 amide bonds. The molecule has 0 aromatic heterocycles. The summed E-state index contributed by atoms with van der Waals surface area (Å²) in [5, 5.41) is 1.37. The number of likely N-dealkylation sites (tertiary alicyclic amines) is 1. The first kappa shape index (κ1) is 24.3. The van der Waals surface area contributed by atoms with E-state index in [1.165, 1.54) is 12.1 Å². The Balaban J connectivity index is 1.35. The van der Waals surface area contributed by atoms with E-state index < -0.39 is 5.41 Å². The fourth-order valence-electron chi connectivity index (χ4n) is 5.38. The van der Waals surface area contributed by atoms with Crippen LogP contribution in [-0.4, -0.2) is 68.2 Å². The number of nitrogens with zero attached hydrogens (tertiary/aromatic N) is 3. The Bertz CT molecular complexity index is 1090. The third-order valence-corrected chi connectivity index (χ3v) is 8.44. The van der Waals surface area contributed by atoms with Crippen LogP contribution in [0.5, 0.6) is 0 Å². The van der Waals surface area contributed by atoms with Crippen molar-refractivity contribution in [1.29, 1.82) is 0 Å². The van der Waals surface area contributed by atoms with E-state index in [9.17, 15) is 9.18 Å². The van der Waals surface area contributed by atoms with Crippen molar-refractivity contribution in [2.24, 2.45) is 0 Å². The van der Waals surface area contributed by atoms with E-state index >= 15 is 0 Å². The molecule has 2 saturated heterocycles. The van der Waals surface area contributed by atoms with E-state index in [4.69, 9.17) is 39.5 Å². The number of carbonyl (C=O) groups is 1. The summed E-state index contributed by atoms with van der Waals surface area (Å²) in [5.74, 6) is -0.208. The fourth-order valence-corrected chi connectivity index (χ4v) is 5.93. The smallest absolute Gasteiger partial charge is 0.237 e. The topological polar surface area (TPSA) is 36.0 Å². The highest BCUT2D eigenvalue weighted by atomic mass is 35.5. The van der Waals surface area contributed by atoms with Crippen LogP contribution in [0.15, 0.2) is 30.3 Å². The van der Waals surface area contributed by atoms with Crippen molar-refractivity contribution in [2.45, 2.75) is 24.8 Å². The molecule has 2 aromatic rings. The van der Waals surface area contributed by atoms with E-state index in [2.05, 4.69) is 9.80 Å². The minimum Gasteiger partial charge on any atom is -0.379 e. The lowest BCUT2D eigenvalue weighted by molar-refractivity contribution is -0.125. The van der Waals surface area contributed by atoms with Gasteiger partial charge in [-0.15, -0.1) is 0 Å². The van der Waals surface area contributed by atoms with Crippen molar-refractivity contribution in [2.75, 3.05) is 57.4 Å². The number of benzene rings is 2. The van der Waals surface area contributed by atoms with Gasteiger partial charge in [0.15, 0.2) is 0 Å². The zero-order chi connectivity index (χ0) is 23.9. The average molecular weight is 527 g/mol. The number of anilines is 1. The zero-order valence-electron chi connectivity index (χ0n) is 18.8. The van der Waals surface area contributed by atoms with Gasteiger partial charge in [-0.2, -0.15) is 0 Å². The number of amides is 1. The van der Waals surface area contributed by atoms with Crippen LogP contribution >= 0.6 is 34.8 Å². The lowest BCUT2D eigenvalue weighted by Crippen LogP contribution is -2.50. The van der Waals surface area contributed by atoms with E-state index in [-0.39, 0.29) is 11.7 Å². The summed E-state index contributed by atoms with van der Waals surface area (Å²) < 4.78 is 18.9. The monoisotopic (exact) mass is 525 g/mol. The molecule has 5 rings (SSSR count). The van der Waals surface area contributed by atoms with Gasteiger partial charge in [-0.3, -0.25) is 14.6 Å². The molecule has 3 aliphatic rings. The molecule has 0 aliphatic carbocycles. The summed E-state index contributed by atoms with van der Waals surface area (Å²) >= 11 is 19.0. The zero-order valence-corrected chi connectivity index (χ0v) is 21.1. The summed E-state index contributed by atoms with van der Waals surface area (Å²) in [5.41, 5.74) is 2.15. The Morgan fingerprint density at radius 1 is 0.882 bits per heavy atom. The van der Waals surface area contributed by atoms with Crippen molar-refractivity contribution in [3.63, 3.8) is 0 Å². The summed E-state index contributed by atoms with van der Waals surface area (Å²) in [4.78, 5) is 20.4. The third kappa shape index (κ3) is 4.57. The first-order valence-electron chi connectivity index (χ1n) is 11.7. The van der Waals surface area contributed by atoms with Crippen LogP contribution in [-0.2, 0) is 21.5 Å². The van der Waals surface area contributed by atoms with Gasteiger partial charge in [-0.1, -0.05) is 40.9 Å². The van der Waals surface area contributed by atoms with Gasteiger partial charge in [0.1, 0.15) is 5.82 Å². The number of halogens is 4. The second kappa shape index (κ2) is 9.92. The quantitative estimate of drug-likeness (QED) is 0.549. The number of piperidine rings is 1. The van der Waals surface area contributed by atoms with Crippen LogP contribution in [0.25, 0.3) is 0 Å². The van der Waals surface area contributed by atoms with E-state index in [0.717, 1.165) is 62.8 Å². The first-order chi connectivity index (χ1) is 16.4. The molecule has 0 N–H and O–H groups in total. The molecule has 0 bridgehead atoms. The van der Waals surface area contributed by atoms with Gasteiger partial charge in [-0.05, 0) is 61.3 Å². The van der Waals surface area contributed by atoms with E-state index in [1.54, 1.807) is 6.07 Å². The normalized spacial score (nSPS) is 20.8. The van der Waals surface area contributed by atoms with Crippen LogP contribution < -0.4 is 4.90 Å². The van der Waals surface area contributed by atoms with Gasteiger partial charge in [0.05, 0.1) is 28.7 Å². The molecule has 0 saturated carbocycles. The Labute approximate surface area is 214 Å². The molecule has 34 heavy (non-hydrogen) atoms. The minimum absolute atomic E-state index is 0.133. The van der Waals surface area contributed by atoms with Gasteiger partial charge < -0.3 is 9.64 Å². The number of rotatable bonds is 5. The van der Waals surface area contributed by atoms with Crippen molar-refractivity contribution in [1.82, 2.24) is 9.80 Å². The lowest BCUT2D eigenvalue weighted by atomic mass is 9.73. The highest BCUT2D eigenvalue weighted by molar-refractivity contribution is 6.42. The third-order valence-electron chi connectivity index (χ3n) is 7.36. The lowest BCUT2D eigenvalue weighted by Gasteiger charge is -2.39. The van der Waals surface area contributed by atoms with Crippen LogP contribution in [0.3, 0.4) is 0 Å². The number of morpholine rings is 1. The summed E-state index contributed by atoms with van der Waals surface area (Å²) in [6.45, 7) is 6.70. The SMILES string of the molecule is O=C1N(CCN2CCOCC2)c2cc(Cl)c(Cl)cc2C12CCN(Cc1ccc(F)cc1Cl)CC2. The molecule has 2 aromatic carbocycles. The Kier molecular flexibility index (Phi) is 7.09. The van der Waals surface area contributed by atoms with Crippen LogP contribution in [0.1, 0.15) is 24.0 Å². The number of hydrogen-bond acceptors (Lipinski definition) is 4. The molecule has 3 heterocycles. The Hall–Kier alpha value is -1.41. The predicted octanol–water partition coefficient (Wildman–Crippen LogP) is 5.00. The average Bonchev–Trinajstić information content (AvgIpc) is 3.03. The van der Waals surface area contributed by atoms with Gasteiger partial charge in [0.25, 0.3) is 0 Å². The number of fused-ring (bicyclic) bond motifs is 2. The minimum atomic E-state index is -0.600. The molecular weight excluding hydrogens is 500 g/mol. The Morgan fingerprint density at radius 3 is 2.29 bits per heavy atom. The molecule has 182 valence electrons. The second-order valence-corrected chi connectivity index (χ2v) is 10.5. The molecule has 2 fully saturated rings. The van der Waals surface area contributed by atoms with Crippen LogP contribution in [0, 0.1) is 5.82 Å². The molecule has 9 heteroatoms. The summed E-state index contributed by atoms with van der Waals surface area (Å²) in [6.07, 6.45) is 1.37. The van der Waals surface area contributed by atoms with Crippen molar-refractivity contribution < 1.29 is 13.9 Å². The van der Waals surface area contributed by atoms with Crippen molar-refractivity contribution in [3.05, 3.63) is 62.3 Å². The van der Waals surface area contributed by atoms with Crippen molar-refractivity contribution >= 4 is 46.4 Å². The van der Waals surface area contributed by atoms with Gasteiger partial charge in [-0.25, -0.2) is 4.39 Å². The van der Waals surface area contributed by atoms with E-state index in [0.29, 0.717) is 41.0 Å². The highest BCUT2D eigenvalue weighted by Gasteiger charge is 2.52. The van der Waals surface area contributed by atoms with Crippen LogP contribution in [0.4, 0.5) is 10.1 Å². The number of hydrogen-bond donors (Lipinski definition) is 0. The fraction of sp³-hybridized carbons (Fsp3) is 0.480. The molecular formula is C25H27Cl3FN3O2. The largest absolute Gasteiger partial charge is 0.379 e. The summed E-state index contributed by atoms with van der Waals surface area (Å²) in [6, 6.07) is 8.24. The van der Waals surface area contributed by atoms with Gasteiger partial charge in [0.2, 0.25) is 5.91 Å². The maximum Gasteiger partial charge on any atom is 0.237 e. The van der Waals surface area contributed by atoms with Gasteiger partial charge >= 0.3 is 0 Å². The molecule has 0 radical (unpaired) electrons. The molecule has 5 nitrogen and oxygen atoms in total. The molecule has 1 spiro atoms. The van der Waals surface area contributed by atoms with Gasteiger partial charge in [0, 0.05) is 43.4 Å². The second-order valence-electron chi connectivity index (χ2n) is 9.29. The predicted molar refractivity (Wildman–Crippen MR) is 134 cm³/mol. The van der Waals surface area contributed by atoms with Crippen molar-refractivity contribution in [3.8, 4) is 0 Å². The number of carbonyl (C=O) groups excluding carboxylic acids is 1. The first-order valence-corrected chi connectivity index (χ1v) is 12.8. The molecule has 0 atom stereocenters.